The number of aryl methyl sites for hydroxylation is 1. The zero-order valence-electron chi connectivity index (χ0n) is 18.8. The Bertz CT molecular complexity index is 1010. The monoisotopic (exact) mass is 438 g/mol. The zero-order chi connectivity index (χ0) is 22.8. The molecule has 3 N–H and O–H groups in total. The number of amides is 3. The third-order valence-corrected chi connectivity index (χ3v) is 6.86. The molecule has 0 radical (unpaired) electrons. The number of hydrogen-bond acceptors (Lipinski definition) is 3. The number of fused-ring (bicyclic) bond motifs is 1. The maximum Gasteiger partial charge on any atom is 0.319 e. The lowest BCUT2D eigenvalue weighted by atomic mass is 9.75. The summed E-state index contributed by atoms with van der Waals surface area (Å²) in [6, 6.07) is 12.3. The number of anilines is 1. The number of likely N-dealkylation sites (N-methyl/N-ethyl adjacent to an activating group) is 1. The van der Waals surface area contributed by atoms with E-state index in [2.05, 4.69) is 22.9 Å². The molecule has 4 atom stereocenters. The van der Waals surface area contributed by atoms with Gasteiger partial charge in [-0.3, -0.25) is 4.79 Å². The highest BCUT2D eigenvalue weighted by Gasteiger charge is 2.43. The zero-order valence-corrected chi connectivity index (χ0v) is 18.8. The first-order chi connectivity index (χ1) is 15.3. The van der Waals surface area contributed by atoms with Crippen LogP contribution >= 0.6 is 0 Å². The number of hydrogen-bond donors (Lipinski definition) is 3. The quantitative estimate of drug-likeness (QED) is 0.680. The summed E-state index contributed by atoms with van der Waals surface area (Å²) < 4.78 is 13.8. The minimum Gasteiger partial charge on any atom is -0.342 e. The molecule has 4 unspecified atom stereocenters. The van der Waals surface area contributed by atoms with Crippen LogP contribution < -0.4 is 16.0 Å². The number of nitrogens with zero attached hydrogens (tertiary/aromatic N) is 1. The number of halogens is 1. The second-order valence-electron chi connectivity index (χ2n) is 9.08. The van der Waals surface area contributed by atoms with Crippen LogP contribution in [-0.2, 0) is 11.3 Å². The molecule has 2 aromatic carbocycles. The summed E-state index contributed by atoms with van der Waals surface area (Å²) in [6.45, 7) is 5.17. The van der Waals surface area contributed by atoms with Gasteiger partial charge in [-0.15, -0.1) is 0 Å². The third-order valence-electron chi connectivity index (χ3n) is 6.86. The molecule has 2 heterocycles. The molecule has 6 nitrogen and oxygen atoms in total. The number of carbonyl (C=O) groups excluding carboxylic acids is 2. The number of likely N-dealkylation sites (tertiary alicyclic amines) is 1. The molecule has 2 aliphatic rings. The number of carbonyl (C=O) groups is 2. The number of benzene rings is 2. The van der Waals surface area contributed by atoms with Gasteiger partial charge in [0.05, 0.1) is 5.92 Å². The van der Waals surface area contributed by atoms with Gasteiger partial charge < -0.3 is 20.9 Å². The summed E-state index contributed by atoms with van der Waals surface area (Å²) in [6.07, 6.45) is 1.78. The molecule has 7 heteroatoms. The van der Waals surface area contributed by atoms with Gasteiger partial charge in [-0.05, 0) is 61.9 Å². The lowest BCUT2D eigenvalue weighted by Crippen LogP contribution is -2.57. The van der Waals surface area contributed by atoms with Crippen LogP contribution in [0, 0.1) is 18.7 Å². The summed E-state index contributed by atoms with van der Waals surface area (Å²) in [5.74, 6) is -0.0153. The van der Waals surface area contributed by atoms with Gasteiger partial charge in [-0.25, -0.2) is 9.18 Å². The van der Waals surface area contributed by atoms with Crippen molar-refractivity contribution in [2.24, 2.45) is 5.92 Å². The Morgan fingerprint density at radius 2 is 2.00 bits per heavy atom. The lowest BCUT2D eigenvalue weighted by molar-refractivity contribution is -0.140. The van der Waals surface area contributed by atoms with Gasteiger partial charge in [0.1, 0.15) is 5.82 Å². The van der Waals surface area contributed by atoms with E-state index in [9.17, 15) is 14.0 Å². The number of piperidine rings is 2. The molecular formula is C25H31FN4O2. The van der Waals surface area contributed by atoms with E-state index >= 15 is 0 Å². The van der Waals surface area contributed by atoms with Crippen LogP contribution in [0.2, 0.25) is 0 Å². The van der Waals surface area contributed by atoms with Crippen molar-refractivity contribution in [1.29, 1.82) is 0 Å². The largest absolute Gasteiger partial charge is 0.342 e. The van der Waals surface area contributed by atoms with Gasteiger partial charge in [0, 0.05) is 43.5 Å². The molecule has 2 aromatic rings. The average molecular weight is 439 g/mol. The Morgan fingerprint density at radius 3 is 2.78 bits per heavy atom. The van der Waals surface area contributed by atoms with Crippen LogP contribution in [0.5, 0.6) is 0 Å². The summed E-state index contributed by atoms with van der Waals surface area (Å²) in [5, 5.41) is 9.04. The second kappa shape index (κ2) is 9.28. The summed E-state index contributed by atoms with van der Waals surface area (Å²) >= 11 is 0. The maximum absolute atomic E-state index is 13.8. The summed E-state index contributed by atoms with van der Waals surface area (Å²) in [7, 11) is 1.91. The van der Waals surface area contributed by atoms with Gasteiger partial charge in [-0.2, -0.15) is 0 Å². The molecule has 0 aromatic heterocycles. The fraction of sp³-hybridized carbons (Fsp3) is 0.440. The molecule has 2 fully saturated rings. The smallest absolute Gasteiger partial charge is 0.319 e. The molecule has 0 bridgehead atoms. The van der Waals surface area contributed by atoms with Crippen LogP contribution in [0.3, 0.4) is 0 Å². The molecule has 0 spiro atoms. The first-order valence-corrected chi connectivity index (χ1v) is 11.2. The van der Waals surface area contributed by atoms with E-state index in [1.165, 1.54) is 6.07 Å². The predicted molar refractivity (Wildman–Crippen MR) is 123 cm³/mol. The van der Waals surface area contributed by atoms with Gasteiger partial charge in [0.15, 0.2) is 0 Å². The predicted octanol–water partition coefficient (Wildman–Crippen LogP) is 3.77. The molecule has 2 saturated heterocycles. The highest BCUT2D eigenvalue weighted by atomic mass is 19.1. The van der Waals surface area contributed by atoms with Crippen molar-refractivity contribution in [3.05, 3.63) is 65.0 Å². The number of nitrogens with one attached hydrogen (secondary N) is 3. The summed E-state index contributed by atoms with van der Waals surface area (Å²) in [4.78, 5) is 27.5. The lowest BCUT2D eigenvalue weighted by Gasteiger charge is -2.47. The van der Waals surface area contributed by atoms with Crippen LogP contribution in [0.4, 0.5) is 14.9 Å². The second-order valence-corrected chi connectivity index (χ2v) is 9.08. The van der Waals surface area contributed by atoms with Crippen LogP contribution in [0.25, 0.3) is 0 Å². The molecular weight excluding hydrogens is 407 g/mol. The van der Waals surface area contributed by atoms with E-state index in [0.29, 0.717) is 23.2 Å². The first kappa shape index (κ1) is 22.3. The molecule has 4 rings (SSSR count). The third kappa shape index (κ3) is 4.63. The van der Waals surface area contributed by atoms with Gasteiger partial charge in [-0.1, -0.05) is 24.3 Å². The van der Waals surface area contributed by atoms with Crippen LogP contribution in [0.1, 0.15) is 42.4 Å². The maximum atomic E-state index is 13.8. The minimum atomic E-state index is -0.416. The standard InChI is InChI=1S/C25H31FN4O2/c1-15-8-9-19(29-25(32)28-13-17-6-4-5-7-22(17)26)12-20(15)21-11-18-14-27-16(2)10-23(18)30(3)24(21)31/h4-9,12,16,18,21,23,27H,10-11,13-14H2,1-3H3,(H2,28,29,32). The van der Waals surface area contributed by atoms with Crippen molar-refractivity contribution in [3.8, 4) is 0 Å². The van der Waals surface area contributed by atoms with Crippen LogP contribution in [-0.4, -0.2) is 42.5 Å². The first-order valence-electron chi connectivity index (χ1n) is 11.2. The van der Waals surface area contributed by atoms with Crippen molar-refractivity contribution in [3.63, 3.8) is 0 Å². The highest BCUT2D eigenvalue weighted by Crippen LogP contribution is 2.39. The molecule has 2 aliphatic heterocycles. The fourth-order valence-corrected chi connectivity index (χ4v) is 5.00. The molecule has 0 aliphatic carbocycles. The number of urea groups is 1. The average Bonchev–Trinajstić information content (AvgIpc) is 2.77. The SMILES string of the molecule is Cc1ccc(NC(=O)NCc2ccccc2F)cc1C1CC2CNC(C)CC2N(C)C1=O. The van der Waals surface area contributed by atoms with Crippen molar-refractivity contribution in [2.45, 2.75) is 51.2 Å². The topological polar surface area (TPSA) is 73.5 Å². The molecule has 0 saturated carbocycles. The fourth-order valence-electron chi connectivity index (χ4n) is 5.00. The summed E-state index contributed by atoms with van der Waals surface area (Å²) in [5.41, 5.74) is 3.02. The van der Waals surface area contributed by atoms with E-state index in [-0.39, 0.29) is 30.2 Å². The van der Waals surface area contributed by atoms with E-state index in [1.807, 2.05) is 37.1 Å². The van der Waals surface area contributed by atoms with E-state index in [4.69, 9.17) is 0 Å². The molecule has 32 heavy (non-hydrogen) atoms. The van der Waals surface area contributed by atoms with Gasteiger partial charge in [0.2, 0.25) is 5.91 Å². The van der Waals surface area contributed by atoms with Crippen molar-refractivity contribution in [2.75, 3.05) is 18.9 Å². The van der Waals surface area contributed by atoms with E-state index < -0.39 is 6.03 Å². The van der Waals surface area contributed by atoms with Crippen molar-refractivity contribution >= 4 is 17.6 Å². The Labute approximate surface area is 188 Å². The Morgan fingerprint density at radius 1 is 1.22 bits per heavy atom. The molecule has 170 valence electrons. The normalized spacial score (nSPS) is 25.2. The number of rotatable bonds is 4. The minimum absolute atomic E-state index is 0.0949. The van der Waals surface area contributed by atoms with Crippen molar-refractivity contribution in [1.82, 2.24) is 15.5 Å². The van der Waals surface area contributed by atoms with Crippen LogP contribution in [0.15, 0.2) is 42.5 Å². The van der Waals surface area contributed by atoms with Crippen molar-refractivity contribution < 1.29 is 14.0 Å². The van der Waals surface area contributed by atoms with Gasteiger partial charge >= 0.3 is 6.03 Å². The van der Waals surface area contributed by atoms with Gasteiger partial charge in [0.25, 0.3) is 0 Å². The highest BCUT2D eigenvalue weighted by molar-refractivity contribution is 5.90. The Kier molecular flexibility index (Phi) is 6.46. The Balaban J connectivity index is 1.46. The molecule has 3 amide bonds. The van der Waals surface area contributed by atoms with E-state index in [0.717, 1.165) is 30.5 Å². The van der Waals surface area contributed by atoms with E-state index in [1.54, 1.807) is 18.2 Å². The Hall–Kier alpha value is -2.93.